The third kappa shape index (κ3) is 5.48. The molecule has 4 heteroatoms. The van der Waals surface area contributed by atoms with Crippen LogP contribution in [-0.2, 0) is 11.3 Å². The van der Waals surface area contributed by atoms with E-state index < -0.39 is 5.97 Å². The molecule has 2 rings (SSSR count). The molecule has 1 N–H and O–H groups in total. The zero-order valence-electron chi connectivity index (χ0n) is 12.9. The summed E-state index contributed by atoms with van der Waals surface area (Å²) in [6.07, 6.45) is 2.32. The second kappa shape index (κ2) is 8.15. The van der Waals surface area contributed by atoms with Crippen LogP contribution < -0.4 is 0 Å². The summed E-state index contributed by atoms with van der Waals surface area (Å²) in [7, 11) is 0. The van der Waals surface area contributed by atoms with Crippen LogP contribution in [0.2, 0.25) is 0 Å². The Morgan fingerprint density at radius 2 is 2.14 bits per heavy atom. The first-order valence-electron chi connectivity index (χ1n) is 7.87. The minimum atomic E-state index is -0.715. The Morgan fingerprint density at radius 3 is 2.81 bits per heavy atom. The summed E-state index contributed by atoms with van der Waals surface area (Å²) in [5.41, 5.74) is 1.34. The van der Waals surface area contributed by atoms with Gasteiger partial charge in [-0.2, -0.15) is 0 Å². The Morgan fingerprint density at radius 1 is 1.38 bits per heavy atom. The van der Waals surface area contributed by atoms with Crippen LogP contribution in [0, 0.1) is 5.92 Å². The maximum atomic E-state index is 10.8. The summed E-state index contributed by atoms with van der Waals surface area (Å²) >= 11 is 0. The van der Waals surface area contributed by atoms with Crippen LogP contribution in [0.4, 0.5) is 0 Å². The van der Waals surface area contributed by atoms with Gasteiger partial charge in [0.1, 0.15) is 0 Å². The molecule has 116 valence electrons. The summed E-state index contributed by atoms with van der Waals surface area (Å²) in [6, 6.07) is 10.5. The predicted octanol–water partition coefficient (Wildman–Crippen LogP) is 2.31. The average molecular weight is 290 g/mol. The normalized spacial score (nSPS) is 19.8. The summed E-state index contributed by atoms with van der Waals surface area (Å²) in [5.74, 6) is -0.131. The van der Waals surface area contributed by atoms with Crippen molar-refractivity contribution in [2.75, 3.05) is 32.7 Å². The van der Waals surface area contributed by atoms with E-state index in [0.29, 0.717) is 5.92 Å². The SMILES string of the molecule is CCN(Cc1ccccc1)CC1CCCN(CC(=O)O)C1. The minimum Gasteiger partial charge on any atom is -0.480 e. The van der Waals surface area contributed by atoms with Gasteiger partial charge in [-0.3, -0.25) is 14.6 Å². The fraction of sp³-hybridized carbons (Fsp3) is 0.588. The Kier molecular flexibility index (Phi) is 6.21. The molecule has 0 aromatic heterocycles. The lowest BCUT2D eigenvalue weighted by atomic mass is 9.97. The number of carboxylic acids is 1. The maximum Gasteiger partial charge on any atom is 0.317 e. The summed E-state index contributed by atoms with van der Waals surface area (Å²) in [5, 5.41) is 8.92. The molecule has 0 amide bonds. The Bertz CT molecular complexity index is 436. The molecular weight excluding hydrogens is 264 g/mol. The lowest BCUT2D eigenvalue weighted by molar-refractivity contribution is -0.138. The lowest BCUT2D eigenvalue weighted by Gasteiger charge is -2.34. The van der Waals surface area contributed by atoms with Crippen LogP contribution in [-0.4, -0.2) is 53.6 Å². The third-order valence-electron chi connectivity index (χ3n) is 4.17. The van der Waals surface area contributed by atoms with Gasteiger partial charge in [0.15, 0.2) is 0 Å². The van der Waals surface area contributed by atoms with E-state index in [1.165, 1.54) is 12.0 Å². The number of rotatable bonds is 7. The van der Waals surface area contributed by atoms with Crippen molar-refractivity contribution in [1.82, 2.24) is 9.80 Å². The second-order valence-electron chi connectivity index (χ2n) is 5.95. The highest BCUT2D eigenvalue weighted by Crippen LogP contribution is 2.18. The minimum absolute atomic E-state index is 0.182. The summed E-state index contributed by atoms with van der Waals surface area (Å²) < 4.78 is 0. The molecule has 4 nitrogen and oxygen atoms in total. The molecule has 1 unspecified atom stereocenters. The fourth-order valence-corrected chi connectivity index (χ4v) is 3.15. The highest BCUT2D eigenvalue weighted by atomic mass is 16.4. The number of benzene rings is 1. The van der Waals surface area contributed by atoms with Gasteiger partial charge in [-0.05, 0) is 37.4 Å². The van der Waals surface area contributed by atoms with E-state index in [9.17, 15) is 4.79 Å². The molecule has 0 radical (unpaired) electrons. The van der Waals surface area contributed by atoms with E-state index in [4.69, 9.17) is 5.11 Å². The average Bonchev–Trinajstić information content (AvgIpc) is 2.47. The highest BCUT2D eigenvalue weighted by Gasteiger charge is 2.22. The van der Waals surface area contributed by atoms with Crippen molar-refractivity contribution in [1.29, 1.82) is 0 Å². The number of piperidine rings is 1. The van der Waals surface area contributed by atoms with Crippen molar-refractivity contribution in [3.8, 4) is 0 Å². The van der Waals surface area contributed by atoms with Gasteiger partial charge < -0.3 is 5.11 Å². The fourth-order valence-electron chi connectivity index (χ4n) is 3.15. The van der Waals surface area contributed by atoms with E-state index in [2.05, 4.69) is 41.0 Å². The first kappa shape index (κ1) is 16.0. The van der Waals surface area contributed by atoms with Gasteiger partial charge in [0, 0.05) is 19.6 Å². The molecule has 1 aromatic carbocycles. The van der Waals surface area contributed by atoms with E-state index in [-0.39, 0.29) is 6.54 Å². The Hall–Kier alpha value is -1.39. The van der Waals surface area contributed by atoms with Crippen LogP contribution >= 0.6 is 0 Å². The standard InChI is InChI=1S/C17H26N2O2/c1-2-18(11-15-7-4-3-5-8-15)12-16-9-6-10-19(13-16)14-17(20)21/h3-5,7-8,16H,2,6,9-14H2,1H3,(H,20,21). The smallest absolute Gasteiger partial charge is 0.317 e. The summed E-state index contributed by atoms with van der Waals surface area (Å²) in [4.78, 5) is 15.4. The van der Waals surface area contributed by atoms with Crippen LogP contribution in [0.3, 0.4) is 0 Å². The van der Waals surface area contributed by atoms with Gasteiger partial charge in [-0.25, -0.2) is 0 Å². The number of hydrogen-bond acceptors (Lipinski definition) is 3. The number of carboxylic acid groups (broad SMARTS) is 1. The van der Waals surface area contributed by atoms with Gasteiger partial charge >= 0.3 is 5.97 Å². The monoisotopic (exact) mass is 290 g/mol. The van der Waals surface area contributed by atoms with Gasteiger partial charge in [0.25, 0.3) is 0 Å². The molecule has 0 saturated carbocycles. The van der Waals surface area contributed by atoms with Gasteiger partial charge in [0.2, 0.25) is 0 Å². The van der Waals surface area contributed by atoms with Crippen LogP contribution in [0.1, 0.15) is 25.3 Å². The molecule has 1 heterocycles. The maximum absolute atomic E-state index is 10.8. The number of hydrogen-bond donors (Lipinski definition) is 1. The molecule has 1 atom stereocenters. The van der Waals surface area contributed by atoms with Crippen LogP contribution in [0.5, 0.6) is 0 Å². The van der Waals surface area contributed by atoms with Crippen molar-refractivity contribution in [2.24, 2.45) is 5.92 Å². The molecule has 1 aliphatic rings. The van der Waals surface area contributed by atoms with Crippen LogP contribution in [0.15, 0.2) is 30.3 Å². The van der Waals surface area contributed by atoms with Crippen molar-refractivity contribution in [3.63, 3.8) is 0 Å². The first-order valence-corrected chi connectivity index (χ1v) is 7.87. The van der Waals surface area contributed by atoms with E-state index >= 15 is 0 Å². The largest absolute Gasteiger partial charge is 0.480 e. The molecule has 1 fully saturated rings. The van der Waals surface area contributed by atoms with Gasteiger partial charge in [0.05, 0.1) is 6.54 Å². The van der Waals surface area contributed by atoms with Crippen molar-refractivity contribution >= 4 is 5.97 Å². The zero-order chi connectivity index (χ0) is 15.1. The molecule has 0 aliphatic carbocycles. The van der Waals surface area contributed by atoms with Gasteiger partial charge in [-0.1, -0.05) is 37.3 Å². The predicted molar refractivity (Wildman–Crippen MR) is 84.2 cm³/mol. The Balaban J connectivity index is 1.84. The molecular formula is C17H26N2O2. The molecule has 1 aliphatic heterocycles. The van der Waals surface area contributed by atoms with Crippen molar-refractivity contribution in [3.05, 3.63) is 35.9 Å². The van der Waals surface area contributed by atoms with Crippen molar-refractivity contribution < 1.29 is 9.90 Å². The zero-order valence-corrected chi connectivity index (χ0v) is 12.9. The van der Waals surface area contributed by atoms with E-state index in [0.717, 1.165) is 39.1 Å². The molecule has 21 heavy (non-hydrogen) atoms. The summed E-state index contributed by atoms with van der Waals surface area (Å²) in [6.45, 7) is 7.28. The number of aliphatic carboxylic acids is 1. The third-order valence-corrected chi connectivity index (χ3v) is 4.17. The Labute approximate surface area is 127 Å². The second-order valence-corrected chi connectivity index (χ2v) is 5.95. The highest BCUT2D eigenvalue weighted by molar-refractivity contribution is 5.69. The molecule has 1 aromatic rings. The van der Waals surface area contributed by atoms with E-state index in [1.54, 1.807) is 0 Å². The molecule has 0 bridgehead atoms. The van der Waals surface area contributed by atoms with Crippen molar-refractivity contribution in [2.45, 2.75) is 26.3 Å². The van der Waals surface area contributed by atoms with Crippen LogP contribution in [0.25, 0.3) is 0 Å². The number of carbonyl (C=O) groups is 1. The topological polar surface area (TPSA) is 43.8 Å². The quantitative estimate of drug-likeness (QED) is 0.837. The molecule has 0 spiro atoms. The van der Waals surface area contributed by atoms with Gasteiger partial charge in [-0.15, -0.1) is 0 Å². The number of nitrogens with zero attached hydrogens (tertiary/aromatic N) is 2. The number of likely N-dealkylation sites (tertiary alicyclic amines) is 1. The molecule has 1 saturated heterocycles. The first-order chi connectivity index (χ1) is 10.2. The lowest BCUT2D eigenvalue weighted by Crippen LogP contribution is -2.42. The van der Waals surface area contributed by atoms with E-state index in [1.807, 2.05) is 6.07 Å².